The van der Waals surface area contributed by atoms with Gasteiger partial charge in [-0.15, -0.1) is 0 Å². The third kappa shape index (κ3) is 3.38. The maximum absolute atomic E-state index is 13.2. The summed E-state index contributed by atoms with van der Waals surface area (Å²) in [6.45, 7) is 0.959. The Labute approximate surface area is 164 Å². The molecule has 1 atom stereocenters. The third-order valence-electron chi connectivity index (χ3n) is 6.30. The van der Waals surface area contributed by atoms with Gasteiger partial charge in [-0.25, -0.2) is 9.18 Å². The Bertz CT molecular complexity index is 774. The summed E-state index contributed by atoms with van der Waals surface area (Å²) in [6, 6.07) is 5.97. The largest absolute Gasteiger partial charge is 0.336 e. The van der Waals surface area contributed by atoms with E-state index < -0.39 is 5.54 Å². The molecule has 2 aliphatic heterocycles. The van der Waals surface area contributed by atoms with E-state index in [2.05, 4.69) is 5.32 Å². The second-order valence-corrected chi connectivity index (χ2v) is 8.08. The molecule has 6 nitrogen and oxygen atoms in total. The van der Waals surface area contributed by atoms with Crippen molar-refractivity contribution in [2.24, 2.45) is 0 Å². The molecule has 2 saturated heterocycles. The minimum atomic E-state index is -0.691. The van der Waals surface area contributed by atoms with Crippen molar-refractivity contribution in [1.82, 2.24) is 15.1 Å². The van der Waals surface area contributed by atoms with E-state index in [1.165, 1.54) is 17.0 Å². The van der Waals surface area contributed by atoms with Crippen LogP contribution in [0, 0.1) is 5.82 Å². The van der Waals surface area contributed by atoms with Crippen molar-refractivity contribution >= 4 is 17.8 Å². The predicted molar refractivity (Wildman–Crippen MR) is 101 cm³/mol. The Morgan fingerprint density at radius 3 is 2.57 bits per heavy atom. The lowest BCUT2D eigenvalue weighted by Gasteiger charge is -2.25. The number of amides is 4. The number of benzene rings is 1. The van der Waals surface area contributed by atoms with Crippen molar-refractivity contribution in [2.45, 2.75) is 62.9 Å². The summed E-state index contributed by atoms with van der Waals surface area (Å²) in [5, 5.41) is 2.87. The van der Waals surface area contributed by atoms with Gasteiger partial charge in [0.1, 0.15) is 11.4 Å². The molecule has 1 saturated carbocycles. The average molecular weight is 387 g/mol. The Kier molecular flexibility index (Phi) is 5.08. The first-order valence-corrected chi connectivity index (χ1v) is 10.2. The minimum absolute atomic E-state index is 0.0217. The number of carbonyl (C=O) groups is 3. The molecule has 1 aromatic rings. The van der Waals surface area contributed by atoms with E-state index in [-0.39, 0.29) is 36.2 Å². The summed E-state index contributed by atoms with van der Waals surface area (Å²) < 4.78 is 13.2. The number of carbonyl (C=O) groups excluding carboxylic acids is 3. The summed E-state index contributed by atoms with van der Waals surface area (Å²) in [4.78, 5) is 40.7. The van der Waals surface area contributed by atoms with Gasteiger partial charge in [-0.3, -0.25) is 14.5 Å². The number of nitrogens with one attached hydrogen (secondary N) is 1. The van der Waals surface area contributed by atoms with Gasteiger partial charge >= 0.3 is 6.03 Å². The monoisotopic (exact) mass is 387 g/mol. The number of nitrogens with zero attached hydrogens (tertiary/aromatic N) is 2. The van der Waals surface area contributed by atoms with Crippen molar-refractivity contribution in [3.05, 3.63) is 35.6 Å². The molecule has 1 spiro atoms. The molecule has 0 aromatic heterocycles. The molecule has 2 heterocycles. The van der Waals surface area contributed by atoms with Gasteiger partial charge in [0.25, 0.3) is 5.91 Å². The Balaban J connectivity index is 1.32. The third-order valence-corrected chi connectivity index (χ3v) is 6.30. The van der Waals surface area contributed by atoms with Crippen LogP contribution in [0.3, 0.4) is 0 Å². The smallest absolute Gasteiger partial charge is 0.325 e. The highest BCUT2D eigenvalue weighted by molar-refractivity contribution is 6.07. The van der Waals surface area contributed by atoms with Gasteiger partial charge in [0.05, 0.1) is 6.04 Å². The van der Waals surface area contributed by atoms with Crippen molar-refractivity contribution in [3.8, 4) is 0 Å². The normalized spacial score (nSPS) is 23.7. The minimum Gasteiger partial charge on any atom is -0.336 e. The highest BCUT2D eigenvalue weighted by Crippen LogP contribution is 2.35. The molecule has 1 N–H and O–H groups in total. The van der Waals surface area contributed by atoms with E-state index in [0.29, 0.717) is 32.2 Å². The molecule has 1 unspecified atom stereocenters. The second-order valence-electron chi connectivity index (χ2n) is 8.08. The van der Waals surface area contributed by atoms with Gasteiger partial charge in [-0.05, 0) is 49.8 Å². The zero-order valence-electron chi connectivity index (χ0n) is 16.0. The number of imide groups is 1. The van der Waals surface area contributed by atoms with E-state index in [4.69, 9.17) is 0 Å². The number of rotatable bonds is 5. The van der Waals surface area contributed by atoms with Gasteiger partial charge in [0.15, 0.2) is 0 Å². The molecule has 28 heavy (non-hydrogen) atoms. The van der Waals surface area contributed by atoms with Gasteiger partial charge in [0, 0.05) is 19.5 Å². The molecular weight excluding hydrogens is 361 g/mol. The molecule has 1 aromatic carbocycles. The van der Waals surface area contributed by atoms with Crippen LogP contribution in [0.25, 0.3) is 0 Å². The predicted octanol–water partition coefficient (Wildman–Crippen LogP) is 3.13. The molecule has 3 fully saturated rings. The van der Waals surface area contributed by atoms with Crippen molar-refractivity contribution in [1.29, 1.82) is 0 Å². The lowest BCUT2D eigenvalue weighted by Crippen LogP contribution is -2.44. The van der Waals surface area contributed by atoms with E-state index in [0.717, 1.165) is 31.2 Å². The van der Waals surface area contributed by atoms with Crippen molar-refractivity contribution < 1.29 is 18.8 Å². The second kappa shape index (κ2) is 7.53. The highest BCUT2D eigenvalue weighted by Gasteiger charge is 2.52. The molecule has 1 aliphatic carbocycles. The Hall–Kier alpha value is -2.44. The van der Waals surface area contributed by atoms with Gasteiger partial charge in [-0.2, -0.15) is 0 Å². The lowest BCUT2D eigenvalue weighted by molar-refractivity contribution is -0.134. The molecule has 0 bridgehead atoms. The quantitative estimate of drug-likeness (QED) is 0.789. The van der Waals surface area contributed by atoms with Crippen LogP contribution in [0.15, 0.2) is 24.3 Å². The zero-order valence-corrected chi connectivity index (χ0v) is 16.0. The van der Waals surface area contributed by atoms with Gasteiger partial charge in [0.2, 0.25) is 5.91 Å². The SMILES string of the molecule is O=C1NC2(CCCC2)C(=O)N1CCCC(=O)N1CCCC1c1ccc(F)cc1. The van der Waals surface area contributed by atoms with Crippen LogP contribution >= 0.6 is 0 Å². The van der Waals surface area contributed by atoms with E-state index in [1.54, 1.807) is 12.1 Å². The first-order valence-electron chi connectivity index (χ1n) is 10.2. The number of likely N-dealkylation sites (tertiary alicyclic amines) is 1. The summed E-state index contributed by atoms with van der Waals surface area (Å²) in [5.74, 6) is -0.393. The van der Waals surface area contributed by atoms with Gasteiger partial charge < -0.3 is 10.2 Å². The molecule has 4 amide bonds. The van der Waals surface area contributed by atoms with Crippen LogP contribution in [0.4, 0.5) is 9.18 Å². The summed E-state index contributed by atoms with van der Waals surface area (Å²) in [5.41, 5.74) is 0.258. The summed E-state index contributed by atoms with van der Waals surface area (Å²) in [7, 11) is 0. The standard InChI is InChI=1S/C21H26FN3O3/c22-16-9-7-15(8-10-16)17-5-3-13-24(17)18(26)6-4-14-25-19(27)21(23-20(25)28)11-1-2-12-21/h7-10,17H,1-6,11-14H2,(H,23,28). The molecule has 3 aliphatic rings. The number of halogens is 1. The van der Waals surface area contributed by atoms with E-state index in [9.17, 15) is 18.8 Å². The van der Waals surface area contributed by atoms with E-state index >= 15 is 0 Å². The summed E-state index contributed by atoms with van der Waals surface area (Å²) in [6.07, 6.45) is 5.87. The molecular formula is C21H26FN3O3. The van der Waals surface area contributed by atoms with Crippen LogP contribution in [0.1, 0.15) is 63.0 Å². The fourth-order valence-corrected chi connectivity index (χ4v) is 4.83. The lowest BCUT2D eigenvalue weighted by atomic mass is 9.98. The number of hydrogen-bond donors (Lipinski definition) is 1. The van der Waals surface area contributed by atoms with Crippen LogP contribution in [0.5, 0.6) is 0 Å². The van der Waals surface area contributed by atoms with Crippen molar-refractivity contribution in [3.63, 3.8) is 0 Å². The van der Waals surface area contributed by atoms with E-state index in [1.807, 2.05) is 4.90 Å². The first-order chi connectivity index (χ1) is 13.5. The fraction of sp³-hybridized carbons (Fsp3) is 0.571. The Morgan fingerprint density at radius 2 is 1.86 bits per heavy atom. The van der Waals surface area contributed by atoms with Crippen LogP contribution in [-0.4, -0.2) is 46.3 Å². The average Bonchev–Trinajstić information content (AvgIpc) is 3.39. The molecule has 150 valence electrons. The topological polar surface area (TPSA) is 69.7 Å². The fourth-order valence-electron chi connectivity index (χ4n) is 4.83. The van der Waals surface area contributed by atoms with Gasteiger partial charge in [-0.1, -0.05) is 25.0 Å². The number of urea groups is 1. The molecule has 0 radical (unpaired) electrons. The maximum Gasteiger partial charge on any atom is 0.325 e. The summed E-state index contributed by atoms with van der Waals surface area (Å²) >= 11 is 0. The number of hydrogen-bond acceptors (Lipinski definition) is 3. The molecule has 4 rings (SSSR count). The van der Waals surface area contributed by atoms with Crippen molar-refractivity contribution in [2.75, 3.05) is 13.1 Å². The highest BCUT2D eigenvalue weighted by atomic mass is 19.1. The first kappa shape index (κ1) is 18.9. The van der Waals surface area contributed by atoms with Crippen LogP contribution in [-0.2, 0) is 9.59 Å². The van der Waals surface area contributed by atoms with Crippen LogP contribution in [0.2, 0.25) is 0 Å². The maximum atomic E-state index is 13.2. The Morgan fingerprint density at radius 1 is 1.14 bits per heavy atom. The van der Waals surface area contributed by atoms with Crippen LogP contribution < -0.4 is 5.32 Å². The zero-order chi connectivity index (χ0) is 19.7. The molecule has 7 heteroatoms.